The van der Waals surface area contributed by atoms with Gasteiger partial charge in [-0.3, -0.25) is 10.1 Å². The Morgan fingerprint density at radius 3 is 2.15 bits per heavy atom. The van der Waals surface area contributed by atoms with Gasteiger partial charge in [0.25, 0.3) is 5.69 Å². The van der Waals surface area contributed by atoms with Gasteiger partial charge in [-0.25, -0.2) is 0 Å². The number of nitrogens with zero attached hydrogens (tertiary/aromatic N) is 2. The molecule has 0 aromatic heterocycles. The van der Waals surface area contributed by atoms with Gasteiger partial charge in [-0.05, 0) is 23.4 Å². The first-order valence-electron chi connectivity index (χ1n) is 9.35. The van der Waals surface area contributed by atoms with Crippen LogP contribution >= 0.6 is 0 Å². The van der Waals surface area contributed by atoms with Gasteiger partial charge in [0, 0.05) is 37.8 Å². The summed E-state index contributed by atoms with van der Waals surface area (Å²) in [4.78, 5) is 13.5. The monoisotopic (exact) mass is 362 g/mol. The molecule has 0 bridgehead atoms. The van der Waals surface area contributed by atoms with E-state index in [4.69, 9.17) is 9.31 Å². The summed E-state index contributed by atoms with van der Waals surface area (Å²) in [6.45, 7) is 15.3. The van der Waals surface area contributed by atoms with Crippen molar-refractivity contribution in [1.82, 2.24) is 0 Å². The average Bonchev–Trinajstić information content (AvgIpc) is 2.52. The molecule has 1 aromatic rings. The Morgan fingerprint density at radius 1 is 1.15 bits per heavy atom. The molecule has 1 aromatic carbocycles. The maximum Gasteiger partial charge on any atom is 0.494 e. The Balaban J connectivity index is 2.31. The van der Waals surface area contributed by atoms with Crippen LogP contribution in [0, 0.1) is 27.4 Å². The molecule has 0 aliphatic carbocycles. The molecule has 6 nitrogen and oxygen atoms in total. The van der Waals surface area contributed by atoms with Gasteiger partial charge in [0.05, 0.1) is 4.92 Å². The minimum absolute atomic E-state index is 0.0340. The Bertz CT molecular complexity index is 614. The predicted octanol–water partition coefficient (Wildman–Crippen LogP) is 3.48. The number of anilines is 1. The largest absolute Gasteiger partial charge is 0.494 e. The molecule has 1 aliphatic rings. The van der Waals surface area contributed by atoms with E-state index >= 15 is 0 Å². The van der Waals surface area contributed by atoms with Crippen LogP contribution in [0.2, 0.25) is 0 Å². The van der Waals surface area contributed by atoms with Crippen molar-refractivity contribution in [2.45, 2.75) is 41.5 Å². The maximum absolute atomic E-state index is 11.7. The number of hydrogen-bond donors (Lipinski definition) is 0. The molecule has 7 heteroatoms. The van der Waals surface area contributed by atoms with E-state index in [0.29, 0.717) is 36.2 Å². The molecular formula is C19H31BN2O4. The van der Waals surface area contributed by atoms with Crippen LogP contribution < -0.4 is 10.4 Å². The minimum atomic E-state index is -0.542. The minimum Gasteiger partial charge on any atom is -0.407 e. The molecule has 1 fully saturated rings. The highest BCUT2D eigenvalue weighted by Gasteiger charge is 2.35. The summed E-state index contributed by atoms with van der Waals surface area (Å²) in [5, 5.41) is 11.7. The molecule has 26 heavy (non-hydrogen) atoms. The van der Waals surface area contributed by atoms with Crippen LogP contribution in [0.5, 0.6) is 0 Å². The fraction of sp³-hybridized carbons (Fsp3) is 0.684. The van der Waals surface area contributed by atoms with Crippen LogP contribution in [0.4, 0.5) is 11.4 Å². The van der Waals surface area contributed by atoms with Crippen molar-refractivity contribution in [2.75, 3.05) is 31.2 Å². The zero-order chi connectivity index (χ0) is 19.5. The summed E-state index contributed by atoms with van der Waals surface area (Å²) in [6.07, 6.45) is 0. The molecule has 1 aliphatic heterocycles. The lowest BCUT2D eigenvalue weighted by Gasteiger charge is -2.33. The number of nitro groups is 1. The lowest BCUT2D eigenvalue weighted by atomic mass is 9.75. The van der Waals surface area contributed by atoms with Crippen molar-refractivity contribution in [2.24, 2.45) is 17.3 Å². The molecule has 0 N–H and O–H groups in total. The fourth-order valence-electron chi connectivity index (χ4n) is 3.14. The third-order valence-electron chi connectivity index (χ3n) is 4.23. The molecule has 0 saturated carbocycles. The molecule has 2 rings (SSSR count). The zero-order valence-electron chi connectivity index (χ0n) is 16.8. The van der Waals surface area contributed by atoms with E-state index in [1.807, 2.05) is 12.1 Å². The first-order chi connectivity index (χ1) is 12.1. The lowest BCUT2D eigenvalue weighted by molar-refractivity contribution is -0.384. The first kappa shape index (κ1) is 20.7. The Morgan fingerprint density at radius 2 is 1.69 bits per heavy atom. The highest BCUT2D eigenvalue weighted by atomic mass is 16.6. The molecule has 0 atom stereocenters. The summed E-state index contributed by atoms with van der Waals surface area (Å²) in [7, 11) is -0.542. The van der Waals surface area contributed by atoms with E-state index in [1.165, 1.54) is 0 Å². The summed E-state index contributed by atoms with van der Waals surface area (Å²) in [5.74, 6) is 0.834. The van der Waals surface area contributed by atoms with Crippen molar-refractivity contribution in [3.05, 3.63) is 28.3 Å². The Labute approximate surface area is 157 Å². The molecular weight excluding hydrogens is 331 g/mol. The second-order valence-corrected chi connectivity index (χ2v) is 8.82. The van der Waals surface area contributed by atoms with Gasteiger partial charge in [0.2, 0.25) is 0 Å². The summed E-state index contributed by atoms with van der Waals surface area (Å²) >= 11 is 0. The zero-order valence-corrected chi connectivity index (χ0v) is 16.8. The van der Waals surface area contributed by atoms with Gasteiger partial charge < -0.3 is 14.2 Å². The fourth-order valence-corrected chi connectivity index (χ4v) is 3.14. The topological polar surface area (TPSA) is 64.8 Å². The quantitative estimate of drug-likeness (QED) is 0.422. The highest BCUT2D eigenvalue weighted by molar-refractivity contribution is 6.61. The van der Waals surface area contributed by atoms with Crippen LogP contribution in [0.1, 0.15) is 41.5 Å². The van der Waals surface area contributed by atoms with E-state index in [2.05, 4.69) is 46.4 Å². The van der Waals surface area contributed by atoms with Gasteiger partial charge in [-0.1, -0.05) is 47.6 Å². The normalized spacial score (nSPS) is 17.0. The first-order valence-corrected chi connectivity index (χ1v) is 9.35. The van der Waals surface area contributed by atoms with E-state index in [9.17, 15) is 10.1 Å². The van der Waals surface area contributed by atoms with Gasteiger partial charge in [-0.15, -0.1) is 0 Å². The lowest BCUT2D eigenvalue weighted by Crippen LogP contribution is -2.47. The van der Waals surface area contributed by atoms with Gasteiger partial charge in [-0.2, -0.15) is 0 Å². The SMILES string of the molecule is CC(C)CN(CC(C)C)c1ccc(B2OCC(C)(C)CO2)cc1[N+](=O)[O-]. The van der Waals surface area contributed by atoms with E-state index in [-0.39, 0.29) is 16.0 Å². The Kier molecular flexibility index (Phi) is 6.69. The van der Waals surface area contributed by atoms with Crippen molar-refractivity contribution in [3.63, 3.8) is 0 Å². The Hall–Kier alpha value is -1.60. The molecule has 0 amide bonds. The van der Waals surface area contributed by atoms with Crippen molar-refractivity contribution >= 4 is 24.0 Å². The standard InChI is InChI=1S/C19H31BN2O4/c1-14(2)10-21(11-15(3)4)17-8-7-16(9-18(17)22(23)24)20-25-12-19(5,6)13-26-20/h7-9,14-15H,10-13H2,1-6H3. The van der Waals surface area contributed by atoms with Crippen molar-refractivity contribution in [1.29, 1.82) is 0 Å². The van der Waals surface area contributed by atoms with E-state index in [1.54, 1.807) is 6.07 Å². The molecule has 0 radical (unpaired) electrons. The van der Waals surface area contributed by atoms with Crippen molar-refractivity contribution < 1.29 is 14.2 Å². The molecule has 1 saturated heterocycles. The van der Waals surface area contributed by atoms with Gasteiger partial charge in [0.1, 0.15) is 5.69 Å². The third kappa shape index (κ3) is 5.45. The highest BCUT2D eigenvalue weighted by Crippen LogP contribution is 2.29. The molecule has 144 valence electrons. The number of hydrogen-bond acceptors (Lipinski definition) is 5. The molecule has 1 heterocycles. The third-order valence-corrected chi connectivity index (χ3v) is 4.23. The molecule has 0 spiro atoms. The van der Waals surface area contributed by atoms with Gasteiger partial charge in [0.15, 0.2) is 0 Å². The van der Waals surface area contributed by atoms with Crippen LogP contribution in [0.15, 0.2) is 18.2 Å². The van der Waals surface area contributed by atoms with E-state index in [0.717, 1.165) is 13.1 Å². The van der Waals surface area contributed by atoms with Crippen LogP contribution in [-0.2, 0) is 9.31 Å². The average molecular weight is 362 g/mol. The second-order valence-electron chi connectivity index (χ2n) is 8.82. The number of nitro benzene ring substituents is 1. The number of rotatable bonds is 7. The maximum atomic E-state index is 11.7. The summed E-state index contributed by atoms with van der Waals surface area (Å²) < 4.78 is 11.6. The number of benzene rings is 1. The second kappa shape index (κ2) is 8.40. The summed E-state index contributed by atoms with van der Waals surface area (Å²) in [6, 6.07) is 5.33. The van der Waals surface area contributed by atoms with Crippen molar-refractivity contribution in [3.8, 4) is 0 Å². The van der Waals surface area contributed by atoms with Crippen LogP contribution in [0.3, 0.4) is 0 Å². The predicted molar refractivity (Wildman–Crippen MR) is 106 cm³/mol. The van der Waals surface area contributed by atoms with Gasteiger partial charge >= 0.3 is 7.12 Å². The smallest absolute Gasteiger partial charge is 0.407 e. The summed E-state index contributed by atoms with van der Waals surface area (Å²) in [5.41, 5.74) is 1.44. The van der Waals surface area contributed by atoms with E-state index < -0.39 is 7.12 Å². The van der Waals surface area contributed by atoms with Crippen LogP contribution in [-0.4, -0.2) is 38.3 Å². The van der Waals surface area contributed by atoms with Crippen LogP contribution in [0.25, 0.3) is 0 Å². The molecule has 0 unspecified atom stereocenters.